The Morgan fingerprint density at radius 2 is 1.89 bits per heavy atom. The molecule has 0 fully saturated rings. The molecule has 5 nitrogen and oxygen atoms in total. The van der Waals surface area contributed by atoms with E-state index in [1.165, 1.54) is 0 Å². The Labute approximate surface area is 116 Å². The Balaban J connectivity index is 1.88. The molecule has 98 valence electrons. The van der Waals surface area contributed by atoms with Crippen LogP contribution < -0.4 is 27.0 Å². The van der Waals surface area contributed by atoms with E-state index in [1.807, 2.05) is 37.4 Å². The Kier molecular flexibility index (Phi) is 2.76. The number of hydrogen-bond acceptors (Lipinski definition) is 5. The van der Waals surface area contributed by atoms with Crippen LogP contribution >= 0.6 is 11.6 Å². The smallest absolute Gasteiger partial charge is 0.0999 e. The number of hydrazine groups is 2. The van der Waals surface area contributed by atoms with E-state index in [0.29, 0.717) is 10.7 Å². The van der Waals surface area contributed by atoms with E-state index in [4.69, 9.17) is 17.3 Å². The molecule has 0 unspecified atom stereocenters. The molecule has 1 aliphatic rings. The first-order valence-electron chi connectivity index (χ1n) is 5.87. The standard InChI is InChI=1S/C13H14ClN5/c1-16-9-2-4-10(5-3-9)19-17-12-7-8(15)6-11(14)13(12)18-19/h2-7,16-18H,15H2,1H3. The molecule has 0 amide bonds. The number of benzene rings is 2. The third-order valence-corrected chi connectivity index (χ3v) is 3.28. The number of nitrogens with one attached hydrogen (secondary N) is 3. The van der Waals surface area contributed by atoms with E-state index < -0.39 is 0 Å². The lowest BCUT2D eigenvalue weighted by atomic mass is 10.2. The lowest BCUT2D eigenvalue weighted by molar-refractivity contribution is 1.12. The fourth-order valence-electron chi connectivity index (χ4n) is 2.00. The van der Waals surface area contributed by atoms with Crippen LogP contribution in [0.4, 0.5) is 28.4 Å². The molecule has 0 aromatic heterocycles. The van der Waals surface area contributed by atoms with Gasteiger partial charge in [-0.2, -0.15) is 5.12 Å². The van der Waals surface area contributed by atoms with E-state index in [0.717, 1.165) is 22.7 Å². The van der Waals surface area contributed by atoms with E-state index in [9.17, 15) is 0 Å². The van der Waals surface area contributed by atoms with Crippen LogP contribution in [0.25, 0.3) is 0 Å². The predicted molar refractivity (Wildman–Crippen MR) is 81.6 cm³/mol. The van der Waals surface area contributed by atoms with Gasteiger partial charge in [-0.05, 0) is 36.4 Å². The van der Waals surface area contributed by atoms with Crippen molar-refractivity contribution in [1.82, 2.24) is 0 Å². The topological polar surface area (TPSA) is 65.3 Å². The number of rotatable bonds is 2. The first-order chi connectivity index (χ1) is 9.17. The van der Waals surface area contributed by atoms with Gasteiger partial charge in [0.1, 0.15) is 0 Å². The monoisotopic (exact) mass is 275 g/mol. The second-order valence-corrected chi connectivity index (χ2v) is 4.69. The largest absolute Gasteiger partial charge is 0.399 e. The molecule has 19 heavy (non-hydrogen) atoms. The van der Waals surface area contributed by atoms with Crippen molar-refractivity contribution in [3.8, 4) is 0 Å². The van der Waals surface area contributed by atoms with Gasteiger partial charge in [0, 0.05) is 18.4 Å². The molecule has 0 bridgehead atoms. The minimum atomic E-state index is 0.594. The molecule has 6 heteroatoms. The summed E-state index contributed by atoms with van der Waals surface area (Å²) in [7, 11) is 1.89. The molecule has 3 rings (SSSR count). The van der Waals surface area contributed by atoms with Gasteiger partial charge >= 0.3 is 0 Å². The minimum absolute atomic E-state index is 0.594. The van der Waals surface area contributed by atoms with E-state index in [-0.39, 0.29) is 0 Å². The summed E-state index contributed by atoms with van der Waals surface area (Å²) in [5.41, 5.74) is 16.5. The molecule has 0 saturated heterocycles. The van der Waals surface area contributed by atoms with Crippen molar-refractivity contribution < 1.29 is 0 Å². The van der Waals surface area contributed by atoms with Crippen LogP contribution in [0.2, 0.25) is 5.02 Å². The lowest BCUT2D eigenvalue weighted by Crippen LogP contribution is -2.29. The Bertz CT molecular complexity index is 611. The molecule has 2 aromatic rings. The highest BCUT2D eigenvalue weighted by atomic mass is 35.5. The summed E-state index contributed by atoms with van der Waals surface area (Å²) in [6.45, 7) is 0. The van der Waals surface area contributed by atoms with Crippen molar-refractivity contribution in [2.24, 2.45) is 0 Å². The highest BCUT2D eigenvalue weighted by molar-refractivity contribution is 6.34. The normalized spacial score (nSPS) is 12.6. The van der Waals surface area contributed by atoms with Crippen molar-refractivity contribution in [2.45, 2.75) is 0 Å². The first kappa shape index (κ1) is 11.8. The number of fused-ring (bicyclic) bond motifs is 1. The quantitative estimate of drug-likeness (QED) is 0.634. The Morgan fingerprint density at radius 3 is 2.58 bits per heavy atom. The van der Waals surface area contributed by atoms with Crippen molar-refractivity contribution in [3.05, 3.63) is 41.4 Å². The highest BCUT2D eigenvalue weighted by Gasteiger charge is 2.21. The third-order valence-electron chi connectivity index (χ3n) is 2.98. The number of halogens is 1. The molecule has 1 heterocycles. The molecule has 1 aliphatic heterocycles. The van der Waals surface area contributed by atoms with Gasteiger partial charge in [-0.3, -0.25) is 10.9 Å². The van der Waals surface area contributed by atoms with Crippen LogP contribution in [-0.2, 0) is 0 Å². The van der Waals surface area contributed by atoms with Crippen LogP contribution in [0, 0.1) is 0 Å². The van der Waals surface area contributed by atoms with Gasteiger partial charge in [0.25, 0.3) is 0 Å². The maximum Gasteiger partial charge on any atom is 0.0999 e. The maximum absolute atomic E-state index is 6.16. The Morgan fingerprint density at radius 1 is 1.16 bits per heavy atom. The zero-order valence-corrected chi connectivity index (χ0v) is 11.1. The summed E-state index contributed by atoms with van der Waals surface area (Å²) in [5.74, 6) is 0. The van der Waals surface area contributed by atoms with Crippen LogP contribution in [-0.4, -0.2) is 7.05 Å². The van der Waals surface area contributed by atoms with Crippen molar-refractivity contribution in [3.63, 3.8) is 0 Å². The van der Waals surface area contributed by atoms with Gasteiger partial charge < -0.3 is 11.1 Å². The fourth-order valence-corrected chi connectivity index (χ4v) is 2.27. The highest BCUT2D eigenvalue weighted by Crippen LogP contribution is 2.38. The second-order valence-electron chi connectivity index (χ2n) is 4.28. The fraction of sp³-hybridized carbons (Fsp3) is 0.0769. The predicted octanol–water partition coefficient (Wildman–Crippen LogP) is 3.14. The molecule has 0 aliphatic carbocycles. The van der Waals surface area contributed by atoms with Gasteiger partial charge in [-0.25, -0.2) is 0 Å². The van der Waals surface area contributed by atoms with Gasteiger partial charge in [-0.15, -0.1) is 0 Å². The number of anilines is 5. The summed E-state index contributed by atoms with van der Waals surface area (Å²) < 4.78 is 0. The average molecular weight is 276 g/mol. The number of nitrogens with zero attached hydrogens (tertiary/aromatic N) is 1. The molecule has 0 atom stereocenters. The van der Waals surface area contributed by atoms with Crippen molar-refractivity contribution in [2.75, 3.05) is 34.1 Å². The van der Waals surface area contributed by atoms with Gasteiger partial charge in [0.15, 0.2) is 0 Å². The van der Waals surface area contributed by atoms with E-state index in [2.05, 4.69) is 16.2 Å². The minimum Gasteiger partial charge on any atom is -0.399 e. The van der Waals surface area contributed by atoms with Crippen LogP contribution in [0.1, 0.15) is 0 Å². The molecule has 0 radical (unpaired) electrons. The zero-order valence-electron chi connectivity index (χ0n) is 10.4. The lowest BCUT2D eigenvalue weighted by Gasteiger charge is -2.19. The molecule has 0 saturated carbocycles. The van der Waals surface area contributed by atoms with Crippen LogP contribution in [0.3, 0.4) is 0 Å². The summed E-state index contributed by atoms with van der Waals surface area (Å²) >= 11 is 6.16. The number of nitrogens with two attached hydrogens (primary N) is 1. The van der Waals surface area contributed by atoms with E-state index >= 15 is 0 Å². The summed E-state index contributed by atoms with van der Waals surface area (Å²) in [6.07, 6.45) is 0. The molecule has 0 spiro atoms. The summed E-state index contributed by atoms with van der Waals surface area (Å²) in [6, 6.07) is 11.6. The second kappa shape index (κ2) is 4.44. The maximum atomic E-state index is 6.16. The number of hydrogen-bond donors (Lipinski definition) is 4. The first-order valence-corrected chi connectivity index (χ1v) is 6.25. The Hall–Kier alpha value is -2.27. The third kappa shape index (κ3) is 2.08. The molecular formula is C13H14ClN5. The SMILES string of the molecule is CNc1ccc(N2Nc3cc(N)cc(Cl)c3N2)cc1. The average Bonchev–Trinajstić information content (AvgIpc) is 2.83. The van der Waals surface area contributed by atoms with Gasteiger partial charge in [0.2, 0.25) is 0 Å². The van der Waals surface area contributed by atoms with Crippen molar-refractivity contribution >= 4 is 40.0 Å². The van der Waals surface area contributed by atoms with Crippen LogP contribution in [0.15, 0.2) is 36.4 Å². The summed E-state index contributed by atoms with van der Waals surface area (Å²) in [5, 5.41) is 5.48. The van der Waals surface area contributed by atoms with Gasteiger partial charge in [0.05, 0.1) is 22.1 Å². The van der Waals surface area contributed by atoms with Crippen LogP contribution in [0.5, 0.6) is 0 Å². The van der Waals surface area contributed by atoms with E-state index in [1.54, 1.807) is 11.2 Å². The molecule has 5 N–H and O–H groups in total. The molecule has 2 aromatic carbocycles. The summed E-state index contributed by atoms with van der Waals surface area (Å²) in [4.78, 5) is 0. The number of nitrogen functional groups attached to an aromatic ring is 1. The van der Waals surface area contributed by atoms with Gasteiger partial charge in [-0.1, -0.05) is 11.6 Å². The molecular weight excluding hydrogens is 262 g/mol. The van der Waals surface area contributed by atoms with Crippen molar-refractivity contribution in [1.29, 1.82) is 0 Å². The zero-order chi connectivity index (χ0) is 13.4.